The molecule has 2 nitrogen and oxygen atoms in total. The van der Waals surface area contributed by atoms with Gasteiger partial charge in [-0.25, -0.2) is 0 Å². The van der Waals surface area contributed by atoms with Crippen molar-refractivity contribution in [2.24, 2.45) is 0 Å². The SMILES string of the molecule is O=C1CP(c2cccs2)Oc2ccccc21. The number of hydrogen-bond acceptors (Lipinski definition) is 3. The first-order valence-electron chi connectivity index (χ1n) is 4.96. The van der Waals surface area contributed by atoms with Crippen LogP contribution >= 0.6 is 19.5 Å². The third-order valence-corrected chi connectivity index (χ3v) is 5.67. The number of carbonyl (C=O) groups excluding carboxylic acids is 1. The highest BCUT2D eigenvalue weighted by atomic mass is 32.1. The Labute approximate surface area is 98.7 Å². The van der Waals surface area contributed by atoms with Gasteiger partial charge in [0.25, 0.3) is 0 Å². The molecule has 1 atom stereocenters. The van der Waals surface area contributed by atoms with E-state index in [2.05, 4.69) is 0 Å². The Morgan fingerprint density at radius 3 is 2.88 bits per heavy atom. The Morgan fingerprint density at radius 1 is 1.19 bits per heavy atom. The van der Waals surface area contributed by atoms with Crippen LogP contribution in [0.3, 0.4) is 0 Å². The fourth-order valence-electron chi connectivity index (χ4n) is 1.68. The Bertz CT molecular complexity index is 522. The summed E-state index contributed by atoms with van der Waals surface area (Å²) in [6, 6.07) is 11.5. The van der Waals surface area contributed by atoms with E-state index in [1.165, 1.54) is 4.62 Å². The zero-order chi connectivity index (χ0) is 11.0. The van der Waals surface area contributed by atoms with Crippen LogP contribution in [0.4, 0.5) is 0 Å². The van der Waals surface area contributed by atoms with Crippen LogP contribution in [0.15, 0.2) is 41.8 Å². The number of ketones is 1. The van der Waals surface area contributed by atoms with Crippen molar-refractivity contribution in [2.45, 2.75) is 0 Å². The van der Waals surface area contributed by atoms with E-state index in [0.29, 0.717) is 6.16 Å². The van der Waals surface area contributed by atoms with Crippen LogP contribution in [0, 0.1) is 0 Å². The maximum Gasteiger partial charge on any atom is 0.174 e. The summed E-state index contributed by atoms with van der Waals surface area (Å²) in [5, 5.41) is 2.02. The van der Waals surface area contributed by atoms with Crippen molar-refractivity contribution in [2.75, 3.05) is 6.16 Å². The van der Waals surface area contributed by atoms with Crippen molar-refractivity contribution in [3.05, 3.63) is 47.3 Å². The van der Waals surface area contributed by atoms with E-state index < -0.39 is 8.15 Å². The molecule has 16 heavy (non-hydrogen) atoms. The lowest BCUT2D eigenvalue weighted by Crippen LogP contribution is -2.18. The van der Waals surface area contributed by atoms with Crippen LogP contribution in [0.1, 0.15) is 10.4 Å². The van der Waals surface area contributed by atoms with Gasteiger partial charge in [-0.3, -0.25) is 4.79 Å². The summed E-state index contributed by atoms with van der Waals surface area (Å²) < 4.78 is 7.08. The number of thiophene rings is 1. The van der Waals surface area contributed by atoms with Gasteiger partial charge in [0, 0.05) is 0 Å². The Balaban J connectivity index is 1.98. The summed E-state index contributed by atoms with van der Waals surface area (Å²) in [7, 11) is -0.787. The molecule has 1 aromatic heterocycles. The number of benzene rings is 1. The van der Waals surface area contributed by atoms with Crippen molar-refractivity contribution in [1.82, 2.24) is 0 Å². The molecule has 0 N–H and O–H groups in total. The summed E-state index contributed by atoms with van der Waals surface area (Å²) in [4.78, 5) is 11.9. The lowest BCUT2D eigenvalue weighted by atomic mass is 10.1. The lowest BCUT2D eigenvalue weighted by molar-refractivity contribution is 0.101. The van der Waals surface area contributed by atoms with Crippen molar-refractivity contribution in [3.63, 3.8) is 0 Å². The summed E-state index contributed by atoms with van der Waals surface area (Å²) in [5.74, 6) is 0.930. The van der Waals surface area contributed by atoms with Gasteiger partial charge in [0.15, 0.2) is 5.78 Å². The van der Waals surface area contributed by atoms with E-state index in [0.717, 1.165) is 11.3 Å². The molecule has 1 aliphatic rings. The van der Waals surface area contributed by atoms with Crippen LogP contribution in [0.5, 0.6) is 5.75 Å². The van der Waals surface area contributed by atoms with Gasteiger partial charge in [-0.2, -0.15) is 0 Å². The fraction of sp³-hybridized carbons (Fsp3) is 0.0833. The second-order valence-electron chi connectivity index (χ2n) is 3.50. The molecule has 3 rings (SSSR count). The normalized spacial score (nSPS) is 19.0. The average molecular weight is 248 g/mol. The van der Waals surface area contributed by atoms with Gasteiger partial charge in [0.1, 0.15) is 13.9 Å². The molecule has 0 saturated heterocycles. The zero-order valence-electron chi connectivity index (χ0n) is 8.42. The van der Waals surface area contributed by atoms with Crippen LogP contribution in [0.2, 0.25) is 0 Å². The first-order chi connectivity index (χ1) is 7.84. The molecular formula is C12H9O2PS. The summed E-state index contributed by atoms with van der Waals surface area (Å²) in [6.07, 6.45) is 0.507. The molecule has 0 aliphatic carbocycles. The number of carbonyl (C=O) groups is 1. The maximum atomic E-state index is 11.9. The third kappa shape index (κ3) is 1.66. The lowest BCUT2D eigenvalue weighted by Gasteiger charge is -2.23. The second kappa shape index (κ2) is 4.00. The molecule has 0 fully saturated rings. The quantitative estimate of drug-likeness (QED) is 0.725. The van der Waals surface area contributed by atoms with Crippen LogP contribution < -0.4 is 9.14 Å². The highest BCUT2D eigenvalue weighted by Gasteiger charge is 2.28. The first-order valence-corrected chi connectivity index (χ1v) is 7.28. The largest absolute Gasteiger partial charge is 0.467 e. The number of Topliss-reactive ketones (excluding diaryl/α,β-unsaturated/α-hetero) is 1. The predicted molar refractivity (Wildman–Crippen MR) is 67.1 cm³/mol. The van der Waals surface area contributed by atoms with Gasteiger partial charge >= 0.3 is 0 Å². The van der Waals surface area contributed by atoms with E-state index in [9.17, 15) is 4.79 Å². The van der Waals surface area contributed by atoms with Crippen LogP contribution in [-0.2, 0) is 0 Å². The molecular weight excluding hydrogens is 239 g/mol. The average Bonchev–Trinajstić information content (AvgIpc) is 2.82. The maximum absolute atomic E-state index is 11.9. The van der Waals surface area contributed by atoms with E-state index in [-0.39, 0.29) is 5.78 Å². The number of rotatable bonds is 1. The molecule has 0 bridgehead atoms. The standard InChI is InChI=1S/C12H9O2PS/c13-10-8-15(12-6-3-7-16-12)14-11-5-2-1-4-9(10)11/h1-7H,8H2. The molecule has 0 spiro atoms. The van der Waals surface area contributed by atoms with Crippen LogP contribution in [-0.4, -0.2) is 11.9 Å². The monoisotopic (exact) mass is 248 g/mol. The Morgan fingerprint density at radius 2 is 2.06 bits per heavy atom. The number of para-hydroxylation sites is 1. The van der Waals surface area contributed by atoms with E-state index in [4.69, 9.17) is 4.52 Å². The summed E-state index contributed by atoms with van der Waals surface area (Å²) in [6.45, 7) is 0. The summed E-state index contributed by atoms with van der Waals surface area (Å²) >= 11 is 1.66. The molecule has 4 heteroatoms. The first kappa shape index (κ1) is 10.0. The molecule has 80 valence electrons. The van der Waals surface area contributed by atoms with E-state index in [1.807, 2.05) is 41.8 Å². The fourth-order valence-corrected chi connectivity index (χ4v) is 4.48. The number of hydrogen-bond donors (Lipinski definition) is 0. The van der Waals surface area contributed by atoms with Gasteiger partial charge in [-0.05, 0) is 23.6 Å². The molecule has 0 saturated carbocycles. The molecule has 1 aliphatic heterocycles. The van der Waals surface area contributed by atoms with Crippen LogP contribution in [0.25, 0.3) is 0 Å². The third-order valence-electron chi connectivity index (χ3n) is 2.44. The molecule has 2 heterocycles. The van der Waals surface area contributed by atoms with Gasteiger partial charge in [0.05, 0.1) is 16.3 Å². The van der Waals surface area contributed by atoms with E-state index in [1.54, 1.807) is 11.3 Å². The topological polar surface area (TPSA) is 26.3 Å². The van der Waals surface area contributed by atoms with Crippen molar-refractivity contribution in [3.8, 4) is 5.75 Å². The molecule has 0 amide bonds. The van der Waals surface area contributed by atoms with E-state index >= 15 is 0 Å². The second-order valence-corrected chi connectivity index (χ2v) is 6.49. The van der Waals surface area contributed by atoms with Gasteiger partial charge in [-0.15, -0.1) is 11.3 Å². The predicted octanol–water partition coefficient (Wildman–Crippen LogP) is 3.05. The number of fused-ring (bicyclic) bond motifs is 1. The molecule has 1 unspecified atom stereocenters. The van der Waals surface area contributed by atoms with Crippen molar-refractivity contribution >= 4 is 29.9 Å². The smallest absolute Gasteiger partial charge is 0.174 e. The highest BCUT2D eigenvalue weighted by molar-refractivity contribution is 7.68. The molecule has 1 aromatic carbocycles. The Kier molecular flexibility index (Phi) is 2.50. The molecule has 2 aromatic rings. The van der Waals surface area contributed by atoms with Gasteiger partial charge < -0.3 is 4.52 Å². The van der Waals surface area contributed by atoms with Crippen molar-refractivity contribution in [1.29, 1.82) is 0 Å². The minimum absolute atomic E-state index is 0.196. The molecule has 0 radical (unpaired) electrons. The summed E-state index contributed by atoms with van der Waals surface area (Å²) in [5.41, 5.74) is 0.720. The van der Waals surface area contributed by atoms with Crippen molar-refractivity contribution < 1.29 is 9.32 Å². The van der Waals surface area contributed by atoms with Gasteiger partial charge in [-0.1, -0.05) is 18.2 Å². The highest BCUT2D eigenvalue weighted by Crippen LogP contribution is 2.44. The zero-order valence-corrected chi connectivity index (χ0v) is 10.1. The Hall–Kier alpha value is -1.18. The minimum Gasteiger partial charge on any atom is -0.467 e. The minimum atomic E-state index is -0.787. The van der Waals surface area contributed by atoms with Gasteiger partial charge in [0.2, 0.25) is 0 Å².